The summed E-state index contributed by atoms with van der Waals surface area (Å²) in [5.74, 6) is -0.583. The van der Waals surface area contributed by atoms with Gasteiger partial charge in [-0.15, -0.1) is 0 Å². The number of carbonyl (C=O) groups excluding carboxylic acids is 2. The van der Waals surface area contributed by atoms with Crippen molar-refractivity contribution in [1.82, 2.24) is 15.1 Å². The Labute approximate surface area is 104 Å². The lowest BCUT2D eigenvalue weighted by Gasteiger charge is -2.03. The molecule has 0 atom stereocenters. The molecule has 1 aromatic rings. The molecule has 1 fully saturated rings. The maximum absolute atomic E-state index is 11.5. The van der Waals surface area contributed by atoms with Gasteiger partial charge in [-0.3, -0.25) is 9.48 Å². The molecule has 1 heterocycles. The zero-order valence-electron chi connectivity index (χ0n) is 10.2. The van der Waals surface area contributed by atoms with E-state index in [0.717, 1.165) is 12.8 Å². The van der Waals surface area contributed by atoms with Gasteiger partial charge in [0.15, 0.2) is 5.69 Å². The van der Waals surface area contributed by atoms with Crippen LogP contribution in [0.25, 0.3) is 0 Å². The normalized spacial score (nSPS) is 14.3. The van der Waals surface area contributed by atoms with E-state index in [1.807, 2.05) is 0 Å². The Morgan fingerprint density at radius 2 is 2.33 bits per heavy atom. The Morgan fingerprint density at radius 3 is 2.94 bits per heavy atom. The number of nitrogen functional groups attached to an aromatic ring is 1. The first-order valence-corrected chi connectivity index (χ1v) is 5.80. The smallest absolute Gasteiger partial charge is 0.360 e. The highest BCUT2D eigenvalue weighted by atomic mass is 16.5. The predicted octanol–water partition coefficient (Wildman–Crippen LogP) is -0.0794. The highest BCUT2D eigenvalue weighted by molar-refractivity contribution is 5.92. The van der Waals surface area contributed by atoms with Crippen LogP contribution < -0.4 is 11.1 Å². The standard InChI is InChI=1S/C11H16N4O3/c1-18-11(17)10-8(12)6-15(14-10)5-4-9(16)13-7-2-3-7/h6-7H,2-5,12H2,1H3,(H,13,16). The number of hydrogen-bond donors (Lipinski definition) is 2. The largest absolute Gasteiger partial charge is 0.464 e. The number of hydrogen-bond acceptors (Lipinski definition) is 5. The molecule has 7 nitrogen and oxygen atoms in total. The number of rotatable bonds is 5. The second-order valence-electron chi connectivity index (χ2n) is 4.28. The minimum Gasteiger partial charge on any atom is -0.464 e. The van der Waals surface area contributed by atoms with Crippen LogP contribution in [0.3, 0.4) is 0 Å². The summed E-state index contributed by atoms with van der Waals surface area (Å²) in [6.45, 7) is 0.389. The Bertz CT molecular complexity index is 465. The summed E-state index contributed by atoms with van der Waals surface area (Å²) in [6.07, 6.45) is 3.97. The van der Waals surface area contributed by atoms with E-state index in [0.29, 0.717) is 19.0 Å². The van der Waals surface area contributed by atoms with E-state index in [2.05, 4.69) is 15.2 Å². The van der Waals surface area contributed by atoms with Crippen LogP contribution in [0.2, 0.25) is 0 Å². The van der Waals surface area contributed by atoms with Crippen molar-refractivity contribution in [2.24, 2.45) is 0 Å². The van der Waals surface area contributed by atoms with Gasteiger partial charge in [0.1, 0.15) is 0 Å². The van der Waals surface area contributed by atoms with Gasteiger partial charge in [-0.25, -0.2) is 4.79 Å². The third kappa shape index (κ3) is 2.99. The average Bonchev–Trinajstić information content (AvgIpc) is 3.07. The fourth-order valence-corrected chi connectivity index (χ4v) is 1.55. The van der Waals surface area contributed by atoms with E-state index >= 15 is 0 Å². The van der Waals surface area contributed by atoms with Crippen LogP contribution in [-0.4, -0.2) is 34.8 Å². The fraction of sp³-hybridized carbons (Fsp3) is 0.545. The number of amides is 1. The second kappa shape index (κ2) is 5.07. The summed E-state index contributed by atoms with van der Waals surface area (Å²) in [6, 6.07) is 0.353. The Hall–Kier alpha value is -2.05. The number of aromatic nitrogens is 2. The minimum atomic E-state index is -0.575. The summed E-state index contributed by atoms with van der Waals surface area (Å²) < 4.78 is 6.02. The van der Waals surface area contributed by atoms with Gasteiger partial charge >= 0.3 is 5.97 Å². The van der Waals surface area contributed by atoms with Gasteiger partial charge in [-0.2, -0.15) is 5.10 Å². The zero-order valence-corrected chi connectivity index (χ0v) is 10.2. The van der Waals surface area contributed by atoms with Crippen LogP contribution in [-0.2, 0) is 16.1 Å². The predicted molar refractivity (Wildman–Crippen MR) is 63.8 cm³/mol. The molecule has 3 N–H and O–H groups in total. The molecule has 0 saturated heterocycles. The van der Waals surface area contributed by atoms with Gasteiger partial charge in [-0.1, -0.05) is 0 Å². The van der Waals surface area contributed by atoms with Crippen molar-refractivity contribution in [2.75, 3.05) is 12.8 Å². The third-order valence-electron chi connectivity index (χ3n) is 2.68. The molecule has 1 aliphatic rings. The molecular weight excluding hydrogens is 236 g/mol. The zero-order chi connectivity index (χ0) is 13.1. The van der Waals surface area contributed by atoms with Crippen molar-refractivity contribution in [3.63, 3.8) is 0 Å². The molecule has 1 saturated carbocycles. The number of esters is 1. The number of nitrogens with zero attached hydrogens (tertiary/aromatic N) is 2. The molecule has 1 amide bonds. The van der Waals surface area contributed by atoms with Crippen molar-refractivity contribution in [2.45, 2.75) is 31.8 Å². The molecule has 0 aromatic carbocycles. The van der Waals surface area contributed by atoms with E-state index in [-0.39, 0.29) is 17.3 Å². The number of nitrogens with two attached hydrogens (primary N) is 1. The Morgan fingerprint density at radius 1 is 1.61 bits per heavy atom. The van der Waals surface area contributed by atoms with E-state index in [1.165, 1.54) is 18.0 Å². The van der Waals surface area contributed by atoms with Crippen LogP contribution in [0.1, 0.15) is 29.8 Å². The van der Waals surface area contributed by atoms with Crippen LogP contribution in [0.5, 0.6) is 0 Å². The topological polar surface area (TPSA) is 99.2 Å². The maximum Gasteiger partial charge on any atom is 0.360 e. The summed E-state index contributed by atoms with van der Waals surface area (Å²) in [7, 11) is 1.27. The minimum absolute atomic E-state index is 0.00816. The highest BCUT2D eigenvalue weighted by Crippen LogP contribution is 2.18. The monoisotopic (exact) mass is 252 g/mol. The summed E-state index contributed by atoms with van der Waals surface area (Å²) in [5.41, 5.74) is 5.97. The van der Waals surface area contributed by atoms with Gasteiger partial charge in [0, 0.05) is 25.2 Å². The van der Waals surface area contributed by atoms with Gasteiger partial charge in [0.25, 0.3) is 0 Å². The van der Waals surface area contributed by atoms with Crippen LogP contribution >= 0.6 is 0 Å². The molecule has 7 heteroatoms. The number of ether oxygens (including phenoxy) is 1. The van der Waals surface area contributed by atoms with E-state index < -0.39 is 5.97 Å². The summed E-state index contributed by atoms with van der Waals surface area (Å²) in [5, 5.41) is 6.86. The first kappa shape index (κ1) is 12.4. The first-order valence-electron chi connectivity index (χ1n) is 5.80. The molecule has 1 aliphatic carbocycles. The third-order valence-corrected chi connectivity index (χ3v) is 2.68. The van der Waals surface area contributed by atoms with Crippen LogP contribution in [0.4, 0.5) is 5.69 Å². The fourth-order valence-electron chi connectivity index (χ4n) is 1.55. The Kier molecular flexibility index (Phi) is 3.50. The number of anilines is 1. The van der Waals surface area contributed by atoms with Gasteiger partial charge < -0.3 is 15.8 Å². The molecule has 0 spiro atoms. The number of nitrogens with one attached hydrogen (secondary N) is 1. The summed E-state index contributed by atoms with van der Waals surface area (Å²) in [4.78, 5) is 22.8. The lowest BCUT2D eigenvalue weighted by Crippen LogP contribution is -2.26. The van der Waals surface area contributed by atoms with Gasteiger partial charge in [-0.05, 0) is 12.8 Å². The highest BCUT2D eigenvalue weighted by Gasteiger charge is 2.23. The number of carbonyl (C=O) groups is 2. The first-order chi connectivity index (χ1) is 8.60. The number of aryl methyl sites for hydroxylation is 1. The molecule has 0 unspecified atom stereocenters. The lowest BCUT2D eigenvalue weighted by atomic mass is 10.4. The van der Waals surface area contributed by atoms with Crippen molar-refractivity contribution in [1.29, 1.82) is 0 Å². The van der Waals surface area contributed by atoms with E-state index in [4.69, 9.17) is 5.73 Å². The van der Waals surface area contributed by atoms with Crippen molar-refractivity contribution in [3.8, 4) is 0 Å². The van der Waals surface area contributed by atoms with Crippen molar-refractivity contribution >= 4 is 17.6 Å². The second-order valence-corrected chi connectivity index (χ2v) is 4.28. The van der Waals surface area contributed by atoms with Gasteiger partial charge in [0.2, 0.25) is 5.91 Å². The maximum atomic E-state index is 11.5. The van der Waals surface area contributed by atoms with Crippen LogP contribution in [0, 0.1) is 0 Å². The quantitative estimate of drug-likeness (QED) is 0.714. The van der Waals surface area contributed by atoms with Crippen molar-refractivity contribution < 1.29 is 14.3 Å². The van der Waals surface area contributed by atoms with E-state index in [1.54, 1.807) is 0 Å². The molecular formula is C11H16N4O3. The molecule has 0 radical (unpaired) electrons. The van der Waals surface area contributed by atoms with Crippen molar-refractivity contribution in [3.05, 3.63) is 11.9 Å². The van der Waals surface area contributed by atoms with Crippen LogP contribution in [0.15, 0.2) is 6.20 Å². The molecule has 18 heavy (non-hydrogen) atoms. The summed E-state index contributed by atoms with van der Waals surface area (Å²) >= 11 is 0. The van der Waals surface area contributed by atoms with Gasteiger partial charge in [0.05, 0.1) is 12.8 Å². The molecule has 2 rings (SSSR count). The number of methoxy groups -OCH3 is 1. The lowest BCUT2D eigenvalue weighted by molar-refractivity contribution is -0.121. The van der Waals surface area contributed by atoms with E-state index in [9.17, 15) is 9.59 Å². The SMILES string of the molecule is COC(=O)c1nn(CCC(=O)NC2CC2)cc1N. The average molecular weight is 252 g/mol. The molecule has 98 valence electrons. The molecule has 0 bridgehead atoms. The molecule has 1 aromatic heterocycles. The Balaban J connectivity index is 1.88. The molecule has 0 aliphatic heterocycles.